The summed E-state index contributed by atoms with van der Waals surface area (Å²) in [4.78, 5) is 18.4. The topological polar surface area (TPSA) is 57.3 Å². The van der Waals surface area contributed by atoms with Crippen LogP contribution in [0.15, 0.2) is 18.3 Å². The van der Waals surface area contributed by atoms with Gasteiger partial charge in [0.1, 0.15) is 5.82 Å². The Morgan fingerprint density at radius 3 is 2.84 bits per heavy atom. The zero-order chi connectivity index (χ0) is 14.1. The molecule has 19 heavy (non-hydrogen) atoms. The number of nitrogens with one attached hydrogen (secondary N) is 2. The van der Waals surface area contributed by atoms with Gasteiger partial charge < -0.3 is 15.5 Å². The molecule has 106 valence electrons. The summed E-state index contributed by atoms with van der Waals surface area (Å²) in [7, 11) is 4.10. The fourth-order valence-electron chi connectivity index (χ4n) is 1.75. The predicted octanol–water partition coefficient (Wildman–Crippen LogP) is 1.58. The van der Waals surface area contributed by atoms with E-state index in [4.69, 9.17) is 0 Å². The molecule has 5 nitrogen and oxygen atoms in total. The number of amides is 1. The summed E-state index contributed by atoms with van der Waals surface area (Å²) in [5.41, 5.74) is 0.608. The Hall–Kier alpha value is -1.62. The molecule has 0 aromatic carbocycles. The molecule has 0 atom stereocenters. The largest absolute Gasteiger partial charge is 0.370 e. The molecule has 0 aliphatic heterocycles. The molecule has 0 fully saturated rings. The van der Waals surface area contributed by atoms with Crippen molar-refractivity contribution < 1.29 is 4.79 Å². The third-order valence-corrected chi connectivity index (χ3v) is 2.71. The van der Waals surface area contributed by atoms with Gasteiger partial charge in [-0.3, -0.25) is 4.79 Å². The molecule has 0 saturated carbocycles. The van der Waals surface area contributed by atoms with Gasteiger partial charge in [0.05, 0.1) is 5.56 Å². The zero-order valence-electron chi connectivity index (χ0n) is 12.1. The van der Waals surface area contributed by atoms with E-state index < -0.39 is 0 Å². The third kappa shape index (κ3) is 5.70. The van der Waals surface area contributed by atoms with Crippen LogP contribution >= 0.6 is 0 Å². The van der Waals surface area contributed by atoms with Gasteiger partial charge in [0.2, 0.25) is 0 Å². The first-order valence-corrected chi connectivity index (χ1v) is 6.77. The number of hydrogen-bond donors (Lipinski definition) is 2. The Balaban J connectivity index is 2.41. The lowest BCUT2D eigenvalue weighted by molar-refractivity contribution is 0.0953. The quantitative estimate of drug-likeness (QED) is 0.700. The van der Waals surface area contributed by atoms with Crippen LogP contribution < -0.4 is 10.6 Å². The lowest BCUT2D eigenvalue weighted by atomic mass is 10.2. The highest BCUT2D eigenvalue weighted by atomic mass is 16.1. The van der Waals surface area contributed by atoms with Gasteiger partial charge in [0.25, 0.3) is 5.91 Å². The molecular formula is C14H24N4O. The van der Waals surface area contributed by atoms with E-state index in [9.17, 15) is 4.79 Å². The van der Waals surface area contributed by atoms with E-state index >= 15 is 0 Å². The predicted molar refractivity (Wildman–Crippen MR) is 78.5 cm³/mol. The molecule has 0 aliphatic rings. The van der Waals surface area contributed by atoms with Crippen LogP contribution in [-0.2, 0) is 0 Å². The van der Waals surface area contributed by atoms with Gasteiger partial charge in [-0.25, -0.2) is 4.98 Å². The summed E-state index contributed by atoms with van der Waals surface area (Å²) in [6.07, 6.45) is 3.76. The molecule has 1 heterocycles. The highest BCUT2D eigenvalue weighted by Gasteiger charge is 2.10. The molecule has 0 aliphatic carbocycles. The second-order valence-electron chi connectivity index (χ2n) is 4.70. The first kappa shape index (κ1) is 15.4. The zero-order valence-corrected chi connectivity index (χ0v) is 12.1. The van der Waals surface area contributed by atoms with Crippen LogP contribution in [0.5, 0.6) is 0 Å². The van der Waals surface area contributed by atoms with Crippen molar-refractivity contribution in [3.05, 3.63) is 23.9 Å². The fraction of sp³-hybridized carbons (Fsp3) is 0.571. The number of carbonyl (C=O) groups excluding carboxylic acids is 1. The first-order valence-electron chi connectivity index (χ1n) is 6.77. The highest BCUT2D eigenvalue weighted by Crippen LogP contribution is 2.10. The van der Waals surface area contributed by atoms with Crippen molar-refractivity contribution in [2.24, 2.45) is 0 Å². The minimum atomic E-state index is -0.0612. The summed E-state index contributed by atoms with van der Waals surface area (Å²) < 4.78 is 0. The van der Waals surface area contributed by atoms with Gasteiger partial charge >= 0.3 is 0 Å². The summed E-state index contributed by atoms with van der Waals surface area (Å²) in [6, 6.07) is 3.57. The Morgan fingerprint density at radius 2 is 2.16 bits per heavy atom. The van der Waals surface area contributed by atoms with E-state index in [1.807, 2.05) is 6.92 Å². The lowest BCUT2D eigenvalue weighted by Gasteiger charge is -2.11. The van der Waals surface area contributed by atoms with Gasteiger partial charge in [-0.15, -0.1) is 0 Å². The van der Waals surface area contributed by atoms with Crippen molar-refractivity contribution in [1.82, 2.24) is 15.2 Å². The Labute approximate surface area is 115 Å². The first-order chi connectivity index (χ1) is 9.15. The molecule has 1 aromatic heterocycles. The molecule has 1 aromatic rings. The van der Waals surface area contributed by atoms with Crippen molar-refractivity contribution in [3.63, 3.8) is 0 Å². The summed E-state index contributed by atoms with van der Waals surface area (Å²) in [6.45, 7) is 4.48. The van der Waals surface area contributed by atoms with E-state index in [0.29, 0.717) is 17.9 Å². The van der Waals surface area contributed by atoms with Crippen LogP contribution in [0.3, 0.4) is 0 Å². The normalized spacial score (nSPS) is 10.5. The average Bonchev–Trinajstić information content (AvgIpc) is 2.39. The van der Waals surface area contributed by atoms with Crippen LogP contribution in [0.25, 0.3) is 0 Å². The van der Waals surface area contributed by atoms with Crippen LogP contribution in [0, 0.1) is 0 Å². The van der Waals surface area contributed by atoms with Crippen molar-refractivity contribution in [3.8, 4) is 0 Å². The summed E-state index contributed by atoms with van der Waals surface area (Å²) in [5.74, 6) is 0.588. The molecule has 1 rings (SSSR count). The van der Waals surface area contributed by atoms with Gasteiger partial charge in [0, 0.05) is 19.3 Å². The Bertz CT molecular complexity index is 393. The van der Waals surface area contributed by atoms with Crippen molar-refractivity contribution in [1.29, 1.82) is 0 Å². The number of unbranched alkanes of at least 4 members (excludes halogenated alkanes) is 1. The molecule has 1 amide bonds. The molecule has 0 bridgehead atoms. The van der Waals surface area contributed by atoms with Gasteiger partial charge in [-0.1, -0.05) is 0 Å². The smallest absolute Gasteiger partial charge is 0.255 e. The SMILES string of the molecule is CCNc1ncccc1C(=O)NCCCCN(C)C. The molecular weight excluding hydrogens is 240 g/mol. The summed E-state index contributed by atoms with van der Waals surface area (Å²) in [5, 5.41) is 6.03. The number of hydrogen-bond acceptors (Lipinski definition) is 4. The van der Waals surface area contributed by atoms with E-state index in [1.165, 1.54) is 0 Å². The highest BCUT2D eigenvalue weighted by molar-refractivity contribution is 5.98. The number of anilines is 1. The number of pyridine rings is 1. The Kier molecular flexibility index (Phi) is 6.89. The van der Waals surface area contributed by atoms with E-state index in [-0.39, 0.29) is 5.91 Å². The van der Waals surface area contributed by atoms with Crippen LogP contribution in [0.4, 0.5) is 5.82 Å². The second-order valence-corrected chi connectivity index (χ2v) is 4.70. The average molecular weight is 264 g/mol. The van der Waals surface area contributed by atoms with E-state index in [1.54, 1.807) is 18.3 Å². The molecule has 5 heteroatoms. The fourth-order valence-corrected chi connectivity index (χ4v) is 1.75. The number of aromatic nitrogens is 1. The number of nitrogens with zero attached hydrogens (tertiary/aromatic N) is 2. The van der Waals surface area contributed by atoms with E-state index in [0.717, 1.165) is 25.9 Å². The van der Waals surface area contributed by atoms with Gasteiger partial charge in [0.15, 0.2) is 0 Å². The lowest BCUT2D eigenvalue weighted by Crippen LogP contribution is -2.26. The maximum absolute atomic E-state index is 12.0. The second kappa shape index (κ2) is 8.48. The van der Waals surface area contributed by atoms with Crippen LogP contribution in [-0.4, -0.2) is 49.5 Å². The van der Waals surface area contributed by atoms with Crippen LogP contribution in [0.1, 0.15) is 30.1 Å². The van der Waals surface area contributed by atoms with E-state index in [2.05, 4.69) is 34.6 Å². The maximum atomic E-state index is 12.0. The molecule has 0 radical (unpaired) electrons. The molecule has 0 spiro atoms. The minimum absolute atomic E-state index is 0.0612. The molecule has 0 unspecified atom stereocenters. The van der Waals surface area contributed by atoms with Crippen molar-refractivity contribution in [2.75, 3.05) is 39.0 Å². The molecule has 0 saturated heterocycles. The monoisotopic (exact) mass is 264 g/mol. The standard InChI is InChI=1S/C14H24N4O/c1-4-15-13-12(8-7-10-16-13)14(19)17-9-5-6-11-18(2)3/h7-8,10H,4-6,9,11H2,1-3H3,(H,15,16)(H,17,19). The van der Waals surface area contributed by atoms with Gasteiger partial charge in [-0.2, -0.15) is 0 Å². The maximum Gasteiger partial charge on any atom is 0.255 e. The van der Waals surface area contributed by atoms with Crippen LogP contribution in [0.2, 0.25) is 0 Å². The Morgan fingerprint density at radius 1 is 1.37 bits per heavy atom. The number of rotatable bonds is 8. The van der Waals surface area contributed by atoms with Crippen molar-refractivity contribution in [2.45, 2.75) is 19.8 Å². The minimum Gasteiger partial charge on any atom is -0.370 e. The molecule has 2 N–H and O–H groups in total. The summed E-state index contributed by atoms with van der Waals surface area (Å²) >= 11 is 0. The third-order valence-electron chi connectivity index (χ3n) is 2.71. The van der Waals surface area contributed by atoms with Crippen molar-refractivity contribution >= 4 is 11.7 Å². The number of carbonyl (C=O) groups is 1. The van der Waals surface area contributed by atoms with Gasteiger partial charge in [-0.05, 0) is 52.5 Å².